The average Bonchev–Trinajstić information content (AvgIpc) is 3.33. The first-order valence-corrected chi connectivity index (χ1v) is 12.0. The summed E-state index contributed by atoms with van der Waals surface area (Å²) in [5, 5.41) is 4.05. The summed E-state index contributed by atoms with van der Waals surface area (Å²) in [6.45, 7) is 0.108. The predicted molar refractivity (Wildman–Crippen MR) is 136 cm³/mol. The SMILES string of the molecule is N=[N+]=NC1CC(n2ccc(=O)[nH]c2=O)OC1COC(c1ccccc1)(c1ccccc1)c1ccccc1. The number of ether oxygens (including phenoxy) is 2. The molecule has 9 nitrogen and oxygen atoms in total. The summed E-state index contributed by atoms with van der Waals surface area (Å²) in [7, 11) is 0. The fraction of sp³-hybridized carbons (Fsp3) is 0.214. The molecule has 2 heterocycles. The highest BCUT2D eigenvalue weighted by Gasteiger charge is 2.44. The van der Waals surface area contributed by atoms with Crippen molar-refractivity contribution in [3.63, 3.8) is 0 Å². The van der Waals surface area contributed by atoms with E-state index in [1.807, 2.05) is 91.0 Å². The van der Waals surface area contributed by atoms with Crippen LogP contribution in [0.1, 0.15) is 29.3 Å². The van der Waals surface area contributed by atoms with Crippen molar-refractivity contribution in [2.45, 2.75) is 30.4 Å². The van der Waals surface area contributed by atoms with Crippen LogP contribution in [0.2, 0.25) is 0 Å². The largest absolute Gasteiger partial charge is 0.358 e. The van der Waals surface area contributed by atoms with Gasteiger partial charge in [0.25, 0.3) is 5.56 Å². The Morgan fingerprint density at radius 1 is 0.919 bits per heavy atom. The molecule has 9 heteroatoms. The van der Waals surface area contributed by atoms with E-state index in [0.717, 1.165) is 16.7 Å². The second-order valence-corrected chi connectivity index (χ2v) is 8.76. The Morgan fingerprint density at radius 3 is 1.95 bits per heavy atom. The van der Waals surface area contributed by atoms with Gasteiger partial charge >= 0.3 is 5.69 Å². The van der Waals surface area contributed by atoms with Crippen LogP contribution in [0.5, 0.6) is 0 Å². The molecule has 4 aromatic rings. The lowest BCUT2D eigenvalue weighted by molar-refractivity contribution is -0.0798. The molecule has 0 aliphatic carbocycles. The van der Waals surface area contributed by atoms with E-state index in [9.17, 15) is 9.59 Å². The Bertz CT molecular complexity index is 1400. The maximum absolute atomic E-state index is 12.4. The Hall–Kier alpha value is -4.43. The van der Waals surface area contributed by atoms with Crippen molar-refractivity contribution in [2.75, 3.05) is 6.61 Å². The number of rotatable bonds is 8. The predicted octanol–water partition coefficient (Wildman–Crippen LogP) is 3.75. The smallest absolute Gasteiger partial charge is 0.330 e. The molecule has 3 unspecified atom stereocenters. The normalized spacial score (nSPS) is 19.3. The highest BCUT2D eigenvalue weighted by molar-refractivity contribution is 5.47. The van der Waals surface area contributed by atoms with Crippen LogP contribution >= 0.6 is 0 Å². The fourth-order valence-electron chi connectivity index (χ4n) is 4.86. The van der Waals surface area contributed by atoms with E-state index in [1.54, 1.807) is 0 Å². The van der Waals surface area contributed by atoms with Crippen LogP contribution in [-0.4, -0.2) is 28.3 Å². The zero-order valence-corrected chi connectivity index (χ0v) is 19.9. The highest BCUT2D eigenvalue weighted by Crippen LogP contribution is 2.41. The van der Waals surface area contributed by atoms with E-state index in [2.05, 4.69) is 15.0 Å². The lowest BCUT2D eigenvalue weighted by Gasteiger charge is -2.36. The van der Waals surface area contributed by atoms with Crippen LogP contribution in [0.4, 0.5) is 0 Å². The first kappa shape index (κ1) is 24.3. The molecule has 3 atom stereocenters. The molecule has 1 saturated heterocycles. The van der Waals surface area contributed by atoms with Gasteiger partial charge in [0.1, 0.15) is 28.6 Å². The molecule has 1 aliphatic rings. The third-order valence-corrected chi connectivity index (χ3v) is 6.58. The van der Waals surface area contributed by atoms with Gasteiger partial charge in [-0.3, -0.25) is 14.3 Å². The Balaban J connectivity index is 1.54. The van der Waals surface area contributed by atoms with E-state index < -0.39 is 35.2 Å². The molecule has 0 saturated carbocycles. The molecule has 0 radical (unpaired) electrons. The molecule has 5 rings (SSSR count). The molecule has 37 heavy (non-hydrogen) atoms. The van der Waals surface area contributed by atoms with E-state index in [1.165, 1.54) is 16.8 Å². The molecule has 0 bridgehead atoms. The number of hydrogen-bond donors (Lipinski definition) is 2. The summed E-state index contributed by atoms with van der Waals surface area (Å²) in [4.78, 5) is 29.4. The van der Waals surface area contributed by atoms with Gasteiger partial charge < -0.3 is 9.47 Å². The number of benzene rings is 3. The maximum Gasteiger partial charge on any atom is 0.330 e. The van der Waals surface area contributed by atoms with Gasteiger partial charge in [0.2, 0.25) is 4.91 Å². The number of H-pyrrole nitrogens is 1. The van der Waals surface area contributed by atoms with E-state index in [-0.39, 0.29) is 6.61 Å². The third-order valence-electron chi connectivity index (χ3n) is 6.58. The number of aromatic nitrogens is 2. The van der Waals surface area contributed by atoms with Crippen molar-refractivity contribution in [3.05, 3.63) is 141 Å². The van der Waals surface area contributed by atoms with Gasteiger partial charge in [0, 0.05) is 18.7 Å². The van der Waals surface area contributed by atoms with Crippen LogP contribution in [0, 0.1) is 5.53 Å². The van der Waals surface area contributed by atoms with Gasteiger partial charge in [-0.25, -0.2) is 4.79 Å². The lowest BCUT2D eigenvalue weighted by atomic mass is 9.80. The molecule has 1 aromatic heterocycles. The topological polar surface area (TPSA) is 124 Å². The van der Waals surface area contributed by atoms with Gasteiger partial charge in [-0.05, 0) is 16.7 Å². The Kier molecular flexibility index (Phi) is 7.00. The van der Waals surface area contributed by atoms with Crippen LogP contribution in [0.25, 0.3) is 0 Å². The van der Waals surface area contributed by atoms with E-state index in [4.69, 9.17) is 15.0 Å². The molecular formula is C28H26N5O4+. The molecule has 1 fully saturated rings. The minimum Gasteiger partial charge on any atom is -0.358 e. The molecule has 186 valence electrons. The number of nitrogens with one attached hydrogen (secondary N) is 2. The molecule has 3 aromatic carbocycles. The minimum absolute atomic E-state index is 0.108. The summed E-state index contributed by atoms with van der Waals surface area (Å²) < 4.78 is 14.4. The summed E-state index contributed by atoms with van der Waals surface area (Å²) in [6, 6.07) is 30.6. The first-order chi connectivity index (χ1) is 18.1. The zero-order chi connectivity index (χ0) is 25.7. The van der Waals surface area contributed by atoms with Crippen LogP contribution in [0.3, 0.4) is 0 Å². The minimum atomic E-state index is -0.956. The van der Waals surface area contributed by atoms with Crippen molar-refractivity contribution in [2.24, 2.45) is 5.11 Å². The molecule has 2 N–H and O–H groups in total. The number of aromatic amines is 1. The molecular weight excluding hydrogens is 470 g/mol. The van der Waals surface area contributed by atoms with E-state index >= 15 is 0 Å². The van der Waals surface area contributed by atoms with E-state index in [0.29, 0.717) is 6.42 Å². The first-order valence-electron chi connectivity index (χ1n) is 12.0. The summed E-state index contributed by atoms with van der Waals surface area (Å²) >= 11 is 0. The van der Waals surface area contributed by atoms with Crippen molar-refractivity contribution < 1.29 is 9.47 Å². The molecule has 1 aliphatic heterocycles. The van der Waals surface area contributed by atoms with Crippen molar-refractivity contribution in [1.29, 1.82) is 5.53 Å². The number of hydrogen-bond acceptors (Lipinski definition) is 6. The molecule has 0 amide bonds. The Labute approximate surface area is 212 Å². The van der Waals surface area contributed by atoms with Gasteiger partial charge in [-0.2, -0.15) is 0 Å². The molecule has 0 spiro atoms. The maximum atomic E-state index is 12.4. The third kappa shape index (κ3) is 4.83. The van der Waals surface area contributed by atoms with Gasteiger partial charge in [0.05, 0.1) is 6.61 Å². The van der Waals surface area contributed by atoms with Crippen molar-refractivity contribution in [1.82, 2.24) is 14.5 Å². The highest BCUT2D eigenvalue weighted by atomic mass is 16.6. The summed E-state index contributed by atoms with van der Waals surface area (Å²) in [5.41, 5.74) is 8.11. The fourth-order valence-corrected chi connectivity index (χ4v) is 4.86. The van der Waals surface area contributed by atoms with Crippen LogP contribution in [0.15, 0.2) is 118 Å². The van der Waals surface area contributed by atoms with Crippen LogP contribution < -0.4 is 16.2 Å². The second kappa shape index (κ2) is 10.7. The summed E-state index contributed by atoms with van der Waals surface area (Å²) in [5.74, 6) is 0. The van der Waals surface area contributed by atoms with Gasteiger partial charge in [0.15, 0.2) is 6.04 Å². The van der Waals surface area contributed by atoms with Crippen molar-refractivity contribution in [3.8, 4) is 0 Å². The van der Waals surface area contributed by atoms with Gasteiger partial charge in [-0.15, -0.1) is 0 Å². The second-order valence-electron chi connectivity index (χ2n) is 8.76. The average molecular weight is 497 g/mol. The Morgan fingerprint density at radius 2 is 1.46 bits per heavy atom. The summed E-state index contributed by atoms with van der Waals surface area (Å²) in [6.07, 6.45) is 0.422. The monoisotopic (exact) mass is 496 g/mol. The quantitative estimate of drug-likeness (QED) is 0.219. The van der Waals surface area contributed by atoms with Gasteiger partial charge in [-0.1, -0.05) is 91.0 Å². The van der Waals surface area contributed by atoms with Crippen LogP contribution in [-0.2, 0) is 15.1 Å². The number of nitrogens with zero attached hydrogens (tertiary/aromatic N) is 3. The lowest BCUT2D eigenvalue weighted by Crippen LogP contribution is -2.38. The zero-order valence-electron chi connectivity index (χ0n) is 19.9. The standard InChI is InChI=1S/C28H25N5O4/c29-32-31-23-18-26(33-17-16-25(34)30-27(33)35)37-24(23)19-36-28(20-10-4-1-5-11-20,21-12-6-2-7-13-21)22-14-8-3-9-15-22/h1-17,23-24,26,29H,18-19H2/p+1. The van der Waals surface area contributed by atoms with Crippen molar-refractivity contribution >= 4 is 0 Å².